The fourth-order valence-corrected chi connectivity index (χ4v) is 2.55. The van der Waals surface area contributed by atoms with E-state index in [2.05, 4.69) is 44.3 Å². The number of hydrogen-bond donors (Lipinski definition) is 1. The second-order valence-electron chi connectivity index (χ2n) is 5.61. The molecule has 1 heteroatoms. The molecule has 1 fully saturated rings. The van der Waals surface area contributed by atoms with Crippen molar-refractivity contribution in [3.8, 4) is 0 Å². The molecule has 1 aromatic rings. The summed E-state index contributed by atoms with van der Waals surface area (Å²) in [4.78, 5) is 0. The molecule has 0 aromatic heterocycles. The van der Waals surface area contributed by atoms with Crippen molar-refractivity contribution in [3.63, 3.8) is 0 Å². The second-order valence-corrected chi connectivity index (χ2v) is 5.61. The number of rotatable bonds is 6. The van der Waals surface area contributed by atoms with E-state index in [9.17, 15) is 0 Å². The molecule has 0 amide bonds. The van der Waals surface area contributed by atoms with Gasteiger partial charge in [0.25, 0.3) is 0 Å². The molecule has 1 unspecified atom stereocenters. The molecule has 94 valence electrons. The molecule has 0 radical (unpaired) electrons. The first kappa shape index (κ1) is 12.6. The maximum atomic E-state index is 3.71. The van der Waals surface area contributed by atoms with Gasteiger partial charge in [-0.2, -0.15) is 0 Å². The van der Waals surface area contributed by atoms with E-state index in [0.717, 1.165) is 12.5 Å². The van der Waals surface area contributed by atoms with Crippen molar-refractivity contribution in [2.45, 2.75) is 52.5 Å². The van der Waals surface area contributed by atoms with Gasteiger partial charge in [-0.05, 0) is 44.7 Å². The summed E-state index contributed by atoms with van der Waals surface area (Å²) < 4.78 is 0. The summed E-state index contributed by atoms with van der Waals surface area (Å²) >= 11 is 0. The summed E-state index contributed by atoms with van der Waals surface area (Å²) in [5, 5.41) is 3.71. The topological polar surface area (TPSA) is 12.0 Å². The summed E-state index contributed by atoms with van der Waals surface area (Å²) in [6, 6.07) is 7.53. The Kier molecular flexibility index (Phi) is 4.22. The Balaban J connectivity index is 2.10. The quantitative estimate of drug-likeness (QED) is 0.775. The zero-order chi connectivity index (χ0) is 12.3. The molecule has 0 spiro atoms. The zero-order valence-electron chi connectivity index (χ0n) is 11.4. The van der Waals surface area contributed by atoms with E-state index in [1.54, 1.807) is 0 Å². The van der Waals surface area contributed by atoms with E-state index >= 15 is 0 Å². The standard InChI is InChI=1S/C16H25N/c1-4-7-17-16(11-14-5-6-14)15-9-12(2)8-13(3)10-15/h8-10,14,16-17H,4-7,11H2,1-3H3. The molecule has 2 rings (SSSR count). The smallest absolute Gasteiger partial charge is 0.0323 e. The Hall–Kier alpha value is -0.820. The highest BCUT2D eigenvalue weighted by Gasteiger charge is 2.26. The minimum Gasteiger partial charge on any atom is -0.310 e. The zero-order valence-corrected chi connectivity index (χ0v) is 11.4. The fourth-order valence-electron chi connectivity index (χ4n) is 2.55. The lowest BCUT2D eigenvalue weighted by Gasteiger charge is -2.20. The Bertz CT molecular complexity index is 346. The molecule has 1 aliphatic rings. The van der Waals surface area contributed by atoms with E-state index in [1.165, 1.54) is 42.4 Å². The Morgan fingerprint density at radius 3 is 2.35 bits per heavy atom. The third kappa shape index (κ3) is 3.85. The highest BCUT2D eigenvalue weighted by atomic mass is 14.9. The summed E-state index contributed by atoms with van der Waals surface area (Å²) in [6.45, 7) is 7.77. The minimum atomic E-state index is 0.570. The molecule has 1 N–H and O–H groups in total. The molecule has 0 bridgehead atoms. The third-order valence-electron chi connectivity index (χ3n) is 3.55. The molecule has 1 atom stereocenters. The first-order chi connectivity index (χ1) is 8.19. The van der Waals surface area contributed by atoms with Gasteiger partial charge in [0.2, 0.25) is 0 Å². The van der Waals surface area contributed by atoms with Crippen LogP contribution in [0.25, 0.3) is 0 Å². The number of benzene rings is 1. The largest absolute Gasteiger partial charge is 0.310 e. The van der Waals surface area contributed by atoms with Crippen molar-refractivity contribution in [2.24, 2.45) is 5.92 Å². The van der Waals surface area contributed by atoms with Crippen molar-refractivity contribution in [3.05, 3.63) is 34.9 Å². The first-order valence-electron chi connectivity index (χ1n) is 7.00. The summed E-state index contributed by atoms with van der Waals surface area (Å²) in [6.07, 6.45) is 5.42. The van der Waals surface area contributed by atoms with Gasteiger partial charge in [-0.3, -0.25) is 0 Å². The SMILES string of the molecule is CCCNC(CC1CC1)c1cc(C)cc(C)c1. The summed E-state index contributed by atoms with van der Waals surface area (Å²) in [5.41, 5.74) is 4.26. The number of aryl methyl sites for hydroxylation is 2. The van der Waals surface area contributed by atoms with Crippen LogP contribution in [0.2, 0.25) is 0 Å². The van der Waals surface area contributed by atoms with Gasteiger partial charge in [-0.25, -0.2) is 0 Å². The minimum absolute atomic E-state index is 0.570. The number of nitrogens with one attached hydrogen (secondary N) is 1. The van der Waals surface area contributed by atoms with Crippen LogP contribution in [0.1, 0.15) is 55.3 Å². The summed E-state index contributed by atoms with van der Waals surface area (Å²) in [7, 11) is 0. The predicted octanol–water partition coefficient (Wildman–Crippen LogP) is 4.14. The average molecular weight is 231 g/mol. The van der Waals surface area contributed by atoms with Gasteiger partial charge in [0.1, 0.15) is 0 Å². The highest BCUT2D eigenvalue weighted by molar-refractivity contribution is 5.30. The van der Waals surface area contributed by atoms with Gasteiger partial charge >= 0.3 is 0 Å². The first-order valence-corrected chi connectivity index (χ1v) is 7.00. The van der Waals surface area contributed by atoms with Crippen molar-refractivity contribution in [1.82, 2.24) is 5.32 Å². The van der Waals surface area contributed by atoms with Crippen LogP contribution < -0.4 is 5.32 Å². The van der Waals surface area contributed by atoms with Crippen molar-refractivity contribution in [1.29, 1.82) is 0 Å². The Labute approximate surface area is 106 Å². The van der Waals surface area contributed by atoms with Gasteiger partial charge in [-0.1, -0.05) is 49.1 Å². The average Bonchev–Trinajstić information content (AvgIpc) is 3.06. The molecule has 0 aliphatic heterocycles. The second kappa shape index (κ2) is 5.68. The lowest BCUT2D eigenvalue weighted by atomic mass is 9.97. The van der Waals surface area contributed by atoms with Crippen LogP contribution in [0.4, 0.5) is 0 Å². The van der Waals surface area contributed by atoms with Crippen LogP contribution in [0.5, 0.6) is 0 Å². The summed E-state index contributed by atoms with van der Waals surface area (Å²) in [5.74, 6) is 0.977. The molecule has 1 saturated carbocycles. The molecule has 1 aliphatic carbocycles. The van der Waals surface area contributed by atoms with Gasteiger partial charge in [0.05, 0.1) is 0 Å². The van der Waals surface area contributed by atoms with Crippen molar-refractivity contribution in [2.75, 3.05) is 6.54 Å². The highest BCUT2D eigenvalue weighted by Crippen LogP contribution is 2.37. The number of hydrogen-bond acceptors (Lipinski definition) is 1. The van der Waals surface area contributed by atoms with Crippen LogP contribution in [0.3, 0.4) is 0 Å². The van der Waals surface area contributed by atoms with Gasteiger partial charge in [0.15, 0.2) is 0 Å². The predicted molar refractivity (Wildman–Crippen MR) is 74.3 cm³/mol. The van der Waals surface area contributed by atoms with Crippen molar-refractivity contribution < 1.29 is 0 Å². The molecule has 17 heavy (non-hydrogen) atoms. The van der Waals surface area contributed by atoms with E-state index in [1.807, 2.05) is 0 Å². The molecular weight excluding hydrogens is 206 g/mol. The maximum absolute atomic E-state index is 3.71. The van der Waals surface area contributed by atoms with E-state index < -0.39 is 0 Å². The molecule has 1 nitrogen and oxygen atoms in total. The lowest BCUT2D eigenvalue weighted by Crippen LogP contribution is -2.22. The third-order valence-corrected chi connectivity index (χ3v) is 3.55. The van der Waals surface area contributed by atoms with Gasteiger partial charge in [-0.15, -0.1) is 0 Å². The van der Waals surface area contributed by atoms with Crippen LogP contribution in [-0.2, 0) is 0 Å². The maximum Gasteiger partial charge on any atom is 0.0323 e. The van der Waals surface area contributed by atoms with Crippen LogP contribution in [-0.4, -0.2) is 6.54 Å². The molecule has 0 heterocycles. The molecular formula is C16H25N. The Morgan fingerprint density at radius 2 is 1.82 bits per heavy atom. The fraction of sp³-hybridized carbons (Fsp3) is 0.625. The van der Waals surface area contributed by atoms with Crippen LogP contribution >= 0.6 is 0 Å². The normalized spacial score (nSPS) is 17.1. The van der Waals surface area contributed by atoms with Gasteiger partial charge < -0.3 is 5.32 Å². The van der Waals surface area contributed by atoms with Crippen molar-refractivity contribution >= 4 is 0 Å². The van der Waals surface area contributed by atoms with E-state index in [0.29, 0.717) is 6.04 Å². The Morgan fingerprint density at radius 1 is 1.18 bits per heavy atom. The van der Waals surface area contributed by atoms with Crippen LogP contribution in [0, 0.1) is 19.8 Å². The molecule has 0 saturated heterocycles. The molecule has 1 aromatic carbocycles. The van der Waals surface area contributed by atoms with Crippen LogP contribution in [0.15, 0.2) is 18.2 Å². The monoisotopic (exact) mass is 231 g/mol. The van der Waals surface area contributed by atoms with E-state index in [4.69, 9.17) is 0 Å². The lowest BCUT2D eigenvalue weighted by molar-refractivity contribution is 0.473. The van der Waals surface area contributed by atoms with E-state index in [-0.39, 0.29) is 0 Å². The van der Waals surface area contributed by atoms with Gasteiger partial charge in [0, 0.05) is 6.04 Å².